The number of rotatable bonds is 81. The third-order valence-electron chi connectivity index (χ3n) is 19.7. The van der Waals surface area contributed by atoms with Crippen molar-refractivity contribution in [2.45, 2.75) is 452 Å². The van der Waals surface area contributed by atoms with Crippen LogP contribution in [-0.4, -0.2) is 96.7 Å². The van der Waals surface area contributed by atoms with Crippen LogP contribution in [0.2, 0.25) is 0 Å². The lowest BCUT2D eigenvalue weighted by molar-refractivity contribution is -0.161. The predicted molar refractivity (Wildman–Crippen MR) is 418 cm³/mol. The van der Waals surface area contributed by atoms with E-state index in [9.17, 15) is 43.2 Å². The van der Waals surface area contributed by atoms with E-state index < -0.39 is 97.5 Å². The fourth-order valence-corrected chi connectivity index (χ4v) is 14.4. The van der Waals surface area contributed by atoms with Crippen molar-refractivity contribution < 1.29 is 80.2 Å². The van der Waals surface area contributed by atoms with Gasteiger partial charge in [-0.1, -0.05) is 382 Å². The van der Waals surface area contributed by atoms with Crippen LogP contribution >= 0.6 is 15.6 Å². The summed E-state index contributed by atoms with van der Waals surface area (Å²) in [5.74, 6) is 0.230. The number of aliphatic hydroxyl groups is 1. The van der Waals surface area contributed by atoms with Gasteiger partial charge in [-0.15, -0.1) is 0 Å². The van der Waals surface area contributed by atoms with E-state index in [1.165, 1.54) is 244 Å². The average Bonchev–Trinajstić information content (AvgIpc) is 0.910. The molecular weight excluding hydrogens is 1330 g/mol. The van der Waals surface area contributed by atoms with Gasteiger partial charge in [-0.05, 0) is 43.4 Å². The predicted octanol–water partition coefficient (Wildman–Crippen LogP) is 24.9. The van der Waals surface area contributed by atoms with E-state index in [1.807, 2.05) is 0 Å². The van der Waals surface area contributed by atoms with Gasteiger partial charge >= 0.3 is 39.5 Å². The number of carbonyl (C=O) groups is 4. The zero-order valence-corrected chi connectivity index (χ0v) is 68.9. The van der Waals surface area contributed by atoms with Gasteiger partial charge in [0.1, 0.15) is 19.3 Å². The summed E-state index contributed by atoms with van der Waals surface area (Å²) in [4.78, 5) is 73.1. The van der Waals surface area contributed by atoms with Gasteiger partial charge in [0.15, 0.2) is 12.2 Å². The third kappa shape index (κ3) is 74.9. The van der Waals surface area contributed by atoms with Crippen molar-refractivity contribution in [3.05, 3.63) is 0 Å². The maximum Gasteiger partial charge on any atom is 0.472 e. The molecule has 17 nitrogen and oxygen atoms in total. The van der Waals surface area contributed by atoms with Gasteiger partial charge in [-0.25, -0.2) is 9.13 Å². The maximum atomic E-state index is 13.1. The molecule has 19 heteroatoms. The van der Waals surface area contributed by atoms with Crippen molar-refractivity contribution in [1.29, 1.82) is 0 Å². The Morgan fingerprint density at radius 3 is 0.745 bits per heavy atom. The Bertz CT molecular complexity index is 1980. The highest BCUT2D eigenvalue weighted by Crippen LogP contribution is 2.45. The van der Waals surface area contributed by atoms with Gasteiger partial charge in [-0.2, -0.15) is 0 Å². The first-order chi connectivity index (χ1) is 49.3. The highest BCUT2D eigenvalue weighted by atomic mass is 31.2. The number of esters is 4. The Morgan fingerprint density at radius 1 is 0.284 bits per heavy atom. The van der Waals surface area contributed by atoms with Crippen LogP contribution in [0, 0.1) is 17.8 Å². The number of aliphatic hydroxyl groups excluding tert-OH is 1. The second-order valence-corrected chi connectivity index (χ2v) is 34.0. The summed E-state index contributed by atoms with van der Waals surface area (Å²) in [7, 11) is -9.92. The Balaban J connectivity index is 5.25. The van der Waals surface area contributed by atoms with Crippen molar-refractivity contribution in [2.24, 2.45) is 17.8 Å². The molecule has 102 heavy (non-hydrogen) atoms. The molecule has 0 aromatic carbocycles. The van der Waals surface area contributed by atoms with Gasteiger partial charge < -0.3 is 33.8 Å². The molecule has 0 spiro atoms. The molecule has 0 rings (SSSR count). The minimum absolute atomic E-state index is 0.106. The SMILES string of the molecule is CCCCCCCCCCCCCCCCCCCCC(=O)OC[C@H](COP(=O)(O)OC[C@@H](O)COP(=O)(O)OC[C@@H](COC(=O)CCCCCCCCCCC(C)C)OC(=O)CCCCCCCCCCCCC(C)CC)OC(=O)CCCCCCCCCCCCCCCCCCC(C)C. The Hall–Kier alpha value is -1.94. The lowest BCUT2D eigenvalue weighted by atomic mass is 9.99. The van der Waals surface area contributed by atoms with E-state index in [0.717, 1.165) is 108 Å². The second kappa shape index (κ2) is 73.2. The van der Waals surface area contributed by atoms with E-state index in [-0.39, 0.29) is 25.7 Å². The minimum Gasteiger partial charge on any atom is -0.462 e. The quantitative estimate of drug-likeness (QED) is 0.0222. The number of unbranched alkanes of at least 4 members (excludes halogenated alkanes) is 48. The molecule has 0 radical (unpaired) electrons. The molecule has 0 bridgehead atoms. The second-order valence-electron chi connectivity index (χ2n) is 31.1. The third-order valence-corrected chi connectivity index (χ3v) is 21.6. The van der Waals surface area contributed by atoms with Crippen molar-refractivity contribution in [3.8, 4) is 0 Å². The van der Waals surface area contributed by atoms with Crippen LogP contribution in [0.3, 0.4) is 0 Å². The Labute approximate surface area is 626 Å². The largest absolute Gasteiger partial charge is 0.472 e. The summed E-state index contributed by atoms with van der Waals surface area (Å²) in [6, 6.07) is 0. The van der Waals surface area contributed by atoms with E-state index >= 15 is 0 Å². The van der Waals surface area contributed by atoms with Crippen LogP contribution in [0.1, 0.15) is 434 Å². The average molecular weight is 1490 g/mol. The molecule has 0 aromatic rings. The highest BCUT2D eigenvalue weighted by molar-refractivity contribution is 7.47. The maximum absolute atomic E-state index is 13.1. The monoisotopic (exact) mass is 1490 g/mol. The molecule has 3 unspecified atom stereocenters. The summed E-state index contributed by atoms with van der Waals surface area (Å²) in [6.07, 6.45) is 62.4. The van der Waals surface area contributed by atoms with Crippen molar-refractivity contribution in [3.63, 3.8) is 0 Å². The van der Waals surface area contributed by atoms with Gasteiger partial charge in [-0.3, -0.25) is 37.3 Å². The molecular formula is C83H162O17P2. The van der Waals surface area contributed by atoms with Crippen LogP contribution < -0.4 is 0 Å². The lowest BCUT2D eigenvalue weighted by Gasteiger charge is -2.21. The summed E-state index contributed by atoms with van der Waals surface area (Å²) in [6.45, 7) is 12.0. The van der Waals surface area contributed by atoms with Crippen LogP contribution in [0.25, 0.3) is 0 Å². The molecule has 0 saturated heterocycles. The zero-order chi connectivity index (χ0) is 75.1. The van der Waals surface area contributed by atoms with Crippen LogP contribution in [0.15, 0.2) is 0 Å². The lowest BCUT2D eigenvalue weighted by Crippen LogP contribution is -2.30. The molecule has 606 valence electrons. The summed E-state index contributed by atoms with van der Waals surface area (Å²) in [5.41, 5.74) is 0. The number of phosphoric acid groups is 2. The molecule has 0 fully saturated rings. The normalized spacial score (nSPS) is 14.2. The minimum atomic E-state index is -4.96. The smallest absolute Gasteiger partial charge is 0.462 e. The molecule has 0 aliphatic carbocycles. The summed E-state index contributed by atoms with van der Waals surface area (Å²) >= 11 is 0. The number of carbonyl (C=O) groups excluding carboxylic acids is 4. The highest BCUT2D eigenvalue weighted by Gasteiger charge is 2.30. The topological polar surface area (TPSA) is 237 Å². The molecule has 0 saturated carbocycles. The van der Waals surface area contributed by atoms with E-state index in [1.54, 1.807) is 0 Å². The van der Waals surface area contributed by atoms with E-state index in [2.05, 4.69) is 48.5 Å². The molecule has 0 aliphatic rings. The van der Waals surface area contributed by atoms with Gasteiger partial charge in [0.05, 0.1) is 26.4 Å². The van der Waals surface area contributed by atoms with Crippen LogP contribution in [0.5, 0.6) is 0 Å². The van der Waals surface area contributed by atoms with Gasteiger partial charge in [0.2, 0.25) is 0 Å². The van der Waals surface area contributed by atoms with E-state index in [0.29, 0.717) is 25.7 Å². The fourth-order valence-electron chi connectivity index (χ4n) is 12.8. The first-order valence-electron chi connectivity index (χ1n) is 42.9. The summed E-state index contributed by atoms with van der Waals surface area (Å²) < 4.78 is 68.8. The standard InChI is InChI=1S/C83H162O17P2/c1-8-10-11-12-13-14-15-16-17-18-19-23-26-29-35-43-50-57-64-80(85)93-70-78(99-82(87)66-59-52-45-36-30-27-24-21-20-22-25-28-33-40-47-54-61-74(3)4)72-97-101(89,90)95-68-77(84)69-96-102(91,92)98-73-79(71-94-81(86)65-58-51-44-39-38-41-48-55-62-75(5)6)100-83(88)67-60-53-46-37-32-31-34-42-49-56-63-76(7)9-2/h74-79,84H,8-73H2,1-7H3,(H,89,90)(H,91,92)/t76?,77-,78-,79-/m1/s1. The first kappa shape index (κ1) is 100. The zero-order valence-electron chi connectivity index (χ0n) is 67.1. The van der Waals surface area contributed by atoms with Crippen LogP contribution in [0.4, 0.5) is 0 Å². The Kier molecular flexibility index (Phi) is 71.8. The number of ether oxygens (including phenoxy) is 4. The first-order valence-corrected chi connectivity index (χ1v) is 45.9. The molecule has 0 aromatic heterocycles. The Morgan fingerprint density at radius 2 is 0.500 bits per heavy atom. The molecule has 0 aliphatic heterocycles. The van der Waals surface area contributed by atoms with Crippen LogP contribution in [-0.2, 0) is 65.4 Å². The molecule has 0 amide bonds. The molecule has 6 atom stereocenters. The van der Waals surface area contributed by atoms with Gasteiger partial charge in [0.25, 0.3) is 0 Å². The van der Waals surface area contributed by atoms with Crippen molar-refractivity contribution in [1.82, 2.24) is 0 Å². The van der Waals surface area contributed by atoms with E-state index in [4.69, 9.17) is 37.0 Å². The molecule has 3 N–H and O–H groups in total. The van der Waals surface area contributed by atoms with Crippen molar-refractivity contribution in [2.75, 3.05) is 39.6 Å². The number of phosphoric ester groups is 2. The molecule has 0 heterocycles. The van der Waals surface area contributed by atoms with Gasteiger partial charge in [0, 0.05) is 25.7 Å². The van der Waals surface area contributed by atoms with Crippen molar-refractivity contribution >= 4 is 39.5 Å². The summed E-state index contributed by atoms with van der Waals surface area (Å²) in [5, 5.41) is 10.7. The number of hydrogen-bond acceptors (Lipinski definition) is 15. The number of hydrogen-bond donors (Lipinski definition) is 3. The fraction of sp³-hybridized carbons (Fsp3) is 0.952.